The second-order valence-electron chi connectivity index (χ2n) is 6.37. The van der Waals surface area contributed by atoms with E-state index >= 15 is 0 Å². The van der Waals surface area contributed by atoms with E-state index in [-0.39, 0.29) is 11.0 Å². The molecule has 1 aliphatic heterocycles. The van der Waals surface area contributed by atoms with Gasteiger partial charge in [-0.15, -0.1) is 0 Å². The highest BCUT2D eigenvalue weighted by Crippen LogP contribution is 2.32. The van der Waals surface area contributed by atoms with Crippen molar-refractivity contribution >= 4 is 22.7 Å². The molecule has 2 aromatic heterocycles. The van der Waals surface area contributed by atoms with Gasteiger partial charge >= 0.3 is 5.69 Å². The molecule has 27 heavy (non-hydrogen) atoms. The third kappa shape index (κ3) is 2.43. The van der Waals surface area contributed by atoms with Crippen molar-refractivity contribution in [3.05, 3.63) is 87.2 Å². The lowest BCUT2D eigenvalue weighted by Gasteiger charge is -2.17. The first-order valence-electron chi connectivity index (χ1n) is 8.65. The minimum Gasteiger partial charge on any atom is -0.310 e. The summed E-state index contributed by atoms with van der Waals surface area (Å²) < 4.78 is 1.09. The first-order valence-corrected chi connectivity index (χ1v) is 8.65. The van der Waals surface area contributed by atoms with Gasteiger partial charge in [-0.25, -0.2) is 14.3 Å². The SMILES string of the molecule is O=c1[nH]c2nc(N3CCc4ccccc43)ncc2c(=O)n1-c1ccccc1. The largest absolute Gasteiger partial charge is 0.334 e. The van der Waals surface area contributed by atoms with Crippen LogP contribution in [0, 0.1) is 0 Å². The van der Waals surface area contributed by atoms with Crippen molar-refractivity contribution < 1.29 is 0 Å². The molecule has 2 aromatic carbocycles. The molecular formula is C20H15N5O2. The fourth-order valence-electron chi connectivity index (χ4n) is 3.48. The topological polar surface area (TPSA) is 83.9 Å². The lowest BCUT2D eigenvalue weighted by atomic mass is 10.2. The summed E-state index contributed by atoms with van der Waals surface area (Å²) in [6, 6.07) is 16.9. The number of aromatic nitrogens is 4. The van der Waals surface area contributed by atoms with Crippen molar-refractivity contribution in [1.29, 1.82) is 0 Å². The molecule has 0 saturated heterocycles. The van der Waals surface area contributed by atoms with E-state index in [1.165, 1.54) is 11.8 Å². The van der Waals surface area contributed by atoms with Crippen LogP contribution in [0.2, 0.25) is 0 Å². The first-order chi connectivity index (χ1) is 13.2. The summed E-state index contributed by atoms with van der Waals surface area (Å²) in [5.41, 5.74) is 2.07. The van der Waals surface area contributed by atoms with Gasteiger partial charge < -0.3 is 4.90 Å². The number of aromatic amines is 1. The molecule has 0 spiro atoms. The van der Waals surface area contributed by atoms with Crippen molar-refractivity contribution in [2.75, 3.05) is 11.4 Å². The molecule has 0 bridgehead atoms. The first kappa shape index (κ1) is 15.5. The Morgan fingerprint density at radius 2 is 1.74 bits per heavy atom. The zero-order valence-corrected chi connectivity index (χ0v) is 14.3. The predicted molar refractivity (Wildman–Crippen MR) is 103 cm³/mol. The third-order valence-electron chi connectivity index (χ3n) is 4.78. The predicted octanol–water partition coefficient (Wildman–Crippen LogP) is 2.16. The van der Waals surface area contributed by atoms with Crippen molar-refractivity contribution in [3.63, 3.8) is 0 Å². The second-order valence-corrected chi connectivity index (χ2v) is 6.37. The van der Waals surface area contributed by atoms with Crippen LogP contribution < -0.4 is 16.1 Å². The maximum Gasteiger partial charge on any atom is 0.334 e. The molecule has 3 heterocycles. The summed E-state index contributed by atoms with van der Waals surface area (Å²) in [6.07, 6.45) is 2.39. The molecular weight excluding hydrogens is 342 g/mol. The smallest absolute Gasteiger partial charge is 0.310 e. The normalized spacial score (nSPS) is 13.1. The summed E-state index contributed by atoms with van der Waals surface area (Å²) in [5.74, 6) is 0.472. The zero-order valence-electron chi connectivity index (χ0n) is 14.3. The minimum absolute atomic E-state index is 0.242. The summed E-state index contributed by atoms with van der Waals surface area (Å²) in [4.78, 5) is 38.9. The van der Waals surface area contributed by atoms with Crippen LogP contribution in [0.4, 0.5) is 11.6 Å². The molecule has 1 aliphatic rings. The average Bonchev–Trinajstić information content (AvgIpc) is 3.12. The van der Waals surface area contributed by atoms with Gasteiger partial charge in [0.1, 0.15) is 5.39 Å². The standard InChI is InChI=1S/C20H15N5O2/c26-18-15-12-21-19(24-11-10-13-6-4-5-9-16(13)24)22-17(15)23-20(27)25(18)14-7-2-1-3-8-14/h1-9,12H,10-11H2,(H,21,22,23,27). The van der Waals surface area contributed by atoms with Crippen LogP contribution in [-0.4, -0.2) is 26.1 Å². The zero-order chi connectivity index (χ0) is 18.4. The number of benzene rings is 2. The number of H-pyrrole nitrogens is 1. The Morgan fingerprint density at radius 3 is 2.59 bits per heavy atom. The number of nitrogens with one attached hydrogen (secondary N) is 1. The maximum atomic E-state index is 12.8. The van der Waals surface area contributed by atoms with Crippen LogP contribution in [0.5, 0.6) is 0 Å². The van der Waals surface area contributed by atoms with E-state index in [1.807, 2.05) is 29.2 Å². The highest BCUT2D eigenvalue weighted by molar-refractivity contribution is 5.75. The maximum absolute atomic E-state index is 12.8. The average molecular weight is 357 g/mol. The van der Waals surface area contributed by atoms with Gasteiger partial charge in [0.2, 0.25) is 5.95 Å². The van der Waals surface area contributed by atoms with Crippen LogP contribution >= 0.6 is 0 Å². The van der Waals surface area contributed by atoms with Crippen molar-refractivity contribution in [1.82, 2.24) is 19.5 Å². The lowest BCUT2D eigenvalue weighted by Crippen LogP contribution is -2.34. The second kappa shape index (κ2) is 5.91. The van der Waals surface area contributed by atoms with Gasteiger partial charge in [-0.05, 0) is 30.2 Å². The Hall–Kier alpha value is -3.74. The molecule has 7 nitrogen and oxygen atoms in total. The van der Waals surface area contributed by atoms with Gasteiger partial charge in [-0.1, -0.05) is 36.4 Å². The highest BCUT2D eigenvalue weighted by Gasteiger charge is 2.22. The number of anilines is 2. The van der Waals surface area contributed by atoms with Crippen LogP contribution in [0.25, 0.3) is 16.7 Å². The lowest BCUT2D eigenvalue weighted by molar-refractivity contribution is 0.885. The van der Waals surface area contributed by atoms with Gasteiger partial charge in [0.15, 0.2) is 5.65 Å². The monoisotopic (exact) mass is 357 g/mol. The van der Waals surface area contributed by atoms with Gasteiger partial charge in [0.05, 0.1) is 5.69 Å². The molecule has 4 aromatic rings. The van der Waals surface area contributed by atoms with Gasteiger partial charge in [0, 0.05) is 18.4 Å². The summed E-state index contributed by atoms with van der Waals surface area (Å²) >= 11 is 0. The molecule has 1 N–H and O–H groups in total. The van der Waals surface area contributed by atoms with E-state index in [4.69, 9.17) is 0 Å². The molecule has 0 atom stereocenters. The van der Waals surface area contributed by atoms with Gasteiger partial charge in [0.25, 0.3) is 5.56 Å². The van der Waals surface area contributed by atoms with Crippen molar-refractivity contribution in [3.8, 4) is 5.69 Å². The van der Waals surface area contributed by atoms with Gasteiger partial charge in [-0.3, -0.25) is 9.78 Å². The van der Waals surface area contributed by atoms with Gasteiger partial charge in [-0.2, -0.15) is 4.98 Å². The van der Waals surface area contributed by atoms with E-state index in [1.54, 1.807) is 24.3 Å². The Kier molecular flexibility index (Phi) is 3.39. The van der Waals surface area contributed by atoms with E-state index in [2.05, 4.69) is 21.0 Å². The Morgan fingerprint density at radius 1 is 0.963 bits per heavy atom. The quantitative estimate of drug-likeness (QED) is 0.594. The van der Waals surface area contributed by atoms with E-state index < -0.39 is 11.2 Å². The molecule has 0 radical (unpaired) electrons. The summed E-state index contributed by atoms with van der Waals surface area (Å²) in [5, 5.41) is 0.273. The number of hydrogen-bond donors (Lipinski definition) is 1. The van der Waals surface area contributed by atoms with Crippen molar-refractivity contribution in [2.45, 2.75) is 6.42 Å². The molecule has 0 fully saturated rings. The number of nitrogens with zero attached hydrogens (tertiary/aromatic N) is 4. The molecule has 7 heteroatoms. The fourth-order valence-corrected chi connectivity index (χ4v) is 3.48. The molecule has 132 valence electrons. The minimum atomic E-state index is -0.523. The highest BCUT2D eigenvalue weighted by atomic mass is 16.2. The number of para-hydroxylation sites is 2. The summed E-state index contributed by atoms with van der Waals surface area (Å²) in [6.45, 7) is 0.760. The number of fused-ring (bicyclic) bond motifs is 2. The number of rotatable bonds is 2. The molecule has 0 saturated carbocycles. The Labute approximate surface area is 153 Å². The van der Waals surface area contributed by atoms with E-state index in [0.717, 1.165) is 23.2 Å². The molecule has 0 amide bonds. The van der Waals surface area contributed by atoms with Crippen LogP contribution in [0.15, 0.2) is 70.4 Å². The summed E-state index contributed by atoms with van der Waals surface area (Å²) in [7, 11) is 0. The van der Waals surface area contributed by atoms with Crippen molar-refractivity contribution in [2.24, 2.45) is 0 Å². The van der Waals surface area contributed by atoms with Crippen LogP contribution in [0.1, 0.15) is 5.56 Å². The van der Waals surface area contributed by atoms with Crippen LogP contribution in [0.3, 0.4) is 0 Å². The Balaban J connectivity index is 1.67. The Bertz CT molecular complexity index is 1280. The van der Waals surface area contributed by atoms with E-state index in [9.17, 15) is 9.59 Å². The fraction of sp³-hybridized carbons (Fsp3) is 0.100. The molecule has 0 unspecified atom stereocenters. The number of hydrogen-bond acceptors (Lipinski definition) is 5. The molecule has 5 rings (SSSR count). The molecule has 0 aliphatic carbocycles. The third-order valence-corrected chi connectivity index (χ3v) is 4.78. The van der Waals surface area contributed by atoms with Crippen LogP contribution in [-0.2, 0) is 6.42 Å². The van der Waals surface area contributed by atoms with E-state index in [0.29, 0.717) is 11.6 Å².